The van der Waals surface area contributed by atoms with E-state index in [-0.39, 0.29) is 30.7 Å². The number of esters is 1. The highest BCUT2D eigenvalue weighted by Crippen LogP contribution is 2.47. The minimum atomic E-state index is -0.609. The van der Waals surface area contributed by atoms with Crippen LogP contribution in [0.4, 0.5) is 0 Å². The van der Waals surface area contributed by atoms with Crippen molar-refractivity contribution in [3.63, 3.8) is 0 Å². The number of benzene rings is 2. The number of phenolic OH excluding ortho intramolecular Hbond substituents is 1. The van der Waals surface area contributed by atoms with Gasteiger partial charge in [0.1, 0.15) is 18.1 Å². The number of ketones is 1. The molecule has 196 valence electrons. The molecule has 0 saturated heterocycles. The number of methoxy groups -OCH3 is 2. The number of phenols is 1. The molecular formula is C29H33NO7. The van der Waals surface area contributed by atoms with E-state index >= 15 is 0 Å². The lowest BCUT2D eigenvalue weighted by molar-refractivity contribution is -0.140. The van der Waals surface area contributed by atoms with Gasteiger partial charge in [0.05, 0.1) is 31.8 Å². The molecule has 1 heterocycles. The number of nitrogens with zero attached hydrogens (tertiary/aromatic N) is 1. The maximum Gasteiger partial charge on any atom is 0.336 e. The highest BCUT2D eigenvalue weighted by molar-refractivity contribution is 6.12. The monoisotopic (exact) mass is 507 g/mol. The number of aromatic hydroxyl groups is 1. The van der Waals surface area contributed by atoms with Crippen LogP contribution in [0.1, 0.15) is 49.7 Å². The molecule has 2 aromatic carbocycles. The molecule has 1 fully saturated rings. The Hall–Kier alpha value is -3.65. The summed E-state index contributed by atoms with van der Waals surface area (Å²) in [6.45, 7) is 4.31. The molecule has 37 heavy (non-hydrogen) atoms. The largest absolute Gasteiger partial charge is 0.504 e. The number of allylic oxidation sites excluding steroid dienone is 1. The van der Waals surface area contributed by atoms with E-state index in [4.69, 9.17) is 23.9 Å². The van der Waals surface area contributed by atoms with Gasteiger partial charge in [-0.1, -0.05) is 18.2 Å². The molecule has 1 N–H and O–H groups in total. The second-order valence-corrected chi connectivity index (χ2v) is 9.19. The van der Waals surface area contributed by atoms with Crippen molar-refractivity contribution in [3.05, 3.63) is 64.9 Å². The molecule has 0 radical (unpaired) electrons. The van der Waals surface area contributed by atoms with E-state index < -0.39 is 17.8 Å². The third-order valence-electron chi connectivity index (χ3n) is 6.92. The molecule has 1 aliphatic heterocycles. The lowest BCUT2D eigenvalue weighted by Gasteiger charge is -2.38. The van der Waals surface area contributed by atoms with Crippen LogP contribution in [0.5, 0.6) is 17.2 Å². The van der Waals surface area contributed by atoms with Gasteiger partial charge >= 0.3 is 5.97 Å². The van der Waals surface area contributed by atoms with E-state index in [9.17, 15) is 14.7 Å². The topological polar surface area (TPSA) is 104 Å². The van der Waals surface area contributed by atoms with Crippen molar-refractivity contribution in [3.8, 4) is 17.2 Å². The van der Waals surface area contributed by atoms with Gasteiger partial charge in [-0.05, 0) is 61.6 Å². The Labute approximate surface area is 216 Å². The fourth-order valence-corrected chi connectivity index (χ4v) is 5.20. The van der Waals surface area contributed by atoms with Crippen molar-refractivity contribution in [1.29, 1.82) is 0 Å². The first-order valence-corrected chi connectivity index (χ1v) is 12.4. The van der Waals surface area contributed by atoms with Crippen molar-refractivity contribution in [1.82, 2.24) is 0 Å². The van der Waals surface area contributed by atoms with Crippen molar-refractivity contribution >= 4 is 17.5 Å². The number of carbonyl (C=O) groups is 2. The first-order valence-electron chi connectivity index (χ1n) is 12.4. The quantitative estimate of drug-likeness (QED) is 0.392. The van der Waals surface area contributed by atoms with Crippen LogP contribution < -0.4 is 9.47 Å². The van der Waals surface area contributed by atoms with E-state index in [2.05, 4.69) is 0 Å². The van der Waals surface area contributed by atoms with Gasteiger partial charge in [0.15, 0.2) is 11.5 Å². The maximum atomic E-state index is 13.8. The third kappa shape index (κ3) is 5.54. The Kier molecular flexibility index (Phi) is 8.28. The Morgan fingerprint density at radius 1 is 1.03 bits per heavy atom. The van der Waals surface area contributed by atoms with Gasteiger partial charge in [0.25, 0.3) is 0 Å². The van der Waals surface area contributed by atoms with Crippen LogP contribution in [0.2, 0.25) is 0 Å². The smallest absolute Gasteiger partial charge is 0.336 e. The van der Waals surface area contributed by atoms with Crippen molar-refractivity contribution in [2.24, 2.45) is 10.9 Å². The zero-order valence-corrected chi connectivity index (χ0v) is 21.7. The number of ether oxygens (including phenoxy) is 4. The first kappa shape index (κ1) is 26.4. The molecule has 0 amide bonds. The van der Waals surface area contributed by atoms with Crippen molar-refractivity contribution in [2.45, 2.75) is 38.5 Å². The highest BCUT2D eigenvalue weighted by atomic mass is 16.6. The number of aliphatic imine (C=N–C) groups is 1. The van der Waals surface area contributed by atoms with E-state index in [0.717, 1.165) is 17.0 Å². The second kappa shape index (κ2) is 11.6. The van der Waals surface area contributed by atoms with E-state index in [1.165, 1.54) is 13.2 Å². The summed E-state index contributed by atoms with van der Waals surface area (Å²) in [5.74, 6) is -0.700. The first-order chi connectivity index (χ1) is 17.9. The van der Waals surface area contributed by atoms with Gasteiger partial charge in [-0.2, -0.15) is 0 Å². The molecule has 1 aliphatic carbocycles. The summed E-state index contributed by atoms with van der Waals surface area (Å²) in [6, 6.07) is 12.7. The Balaban J connectivity index is 1.75. The molecule has 8 heteroatoms. The third-order valence-corrected chi connectivity index (χ3v) is 6.92. The molecule has 0 bridgehead atoms. The zero-order chi connectivity index (χ0) is 26.5. The predicted molar refractivity (Wildman–Crippen MR) is 138 cm³/mol. The van der Waals surface area contributed by atoms with Crippen LogP contribution in [0.25, 0.3) is 0 Å². The number of hydrogen-bond acceptors (Lipinski definition) is 8. The standard InChI is InChI=1S/C29H33NO7/c1-5-36-25-16-19(8-11-23(25)31)27-26(29(33)37-13-12-34-3)17(2)30-22-14-20(15-24(32)28(22)27)18-6-9-21(35-4)10-7-18/h6-11,16,20,27-28,31H,5,12-15H2,1-4H3/t20-,27+,28?/m1/s1. The fourth-order valence-electron chi connectivity index (χ4n) is 5.20. The van der Waals surface area contributed by atoms with Crippen LogP contribution >= 0.6 is 0 Å². The van der Waals surface area contributed by atoms with Crippen LogP contribution in [0.15, 0.2) is 58.7 Å². The molecule has 0 aromatic heterocycles. The number of hydrogen-bond donors (Lipinski definition) is 1. The molecular weight excluding hydrogens is 474 g/mol. The van der Waals surface area contributed by atoms with E-state index in [0.29, 0.717) is 42.0 Å². The summed E-state index contributed by atoms with van der Waals surface area (Å²) in [4.78, 5) is 31.8. The molecule has 8 nitrogen and oxygen atoms in total. The van der Waals surface area contributed by atoms with Crippen LogP contribution in [0, 0.1) is 5.92 Å². The normalized spacial score (nSPS) is 21.2. The summed E-state index contributed by atoms with van der Waals surface area (Å²) in [5.41, 5.74) is 3.34. The minimum absolute atomic E-state index is 0.00485. The maximum absolute atomic E-state index is 13.8. The van der Waals surface area contributed by atoms with E-state index in [1.54, 1.807) is 26.2 Å². The lowest BCUT2D eigenvalue weighted by atomic mass is 9.66. The van der Waals surface area contributed by atoms with Crippen molar-refractivity contribution < 1.29 is 33.6 Å². The minimum Gasteiger partial charge on any atom is -0.504 e. The Morgan fingerprint density at radius 3 is 2.43 bits per heavy atom. The van der Waals surface area contributed by atoms with Gasteiger partial charge in [-0.25, -0.2) is 4.79 Å². The van der Waals surface area contributed by atoms with E-state index in [1.807, 2.05) is 31.2 Å². The average molecular weight is 508 g/mol. The molecule has 2 aromatic rings. The van der Waals surface area contributed by atoms with Crippen molar-refractivity contribution in [2.75, 3.05) is 34.0 Å². The SMILES string of the molecule is CCOc1cc([C@H]2C(C(=O)OCCOC)=C(C)N=C3C[C@@H](c4ccc(OC)cc4)CC(=O)C32)ccc1O. The predicted octanol–water partition coefficient (Wildman–Crippen LogP) is 4.56. The summed E-state index contributed by atoms with van der Waals surface area (Å²) in [7, 11) is 3.15. The van der Waals surface area contributed by atoms with Gasteiger partial charge in [-0.15, -0.1) is 0 Å². The fraction of sp³-hybridized carbons (Fsp3) is 0.414. The number of carbonyl (C=O) groups excluding carboxylic acids is 2. The molecule has 1 saturated carbocycles. The van der Waals surface area contributed by atoms with Crippen LogP contribution in [-0.4, -0.2) is 56.6 Å². The zero-order valence-electron chi connectivity index (χ0n) is 21.7. The lowest BCUT2D eigenvalue weighted by Crippen LogP contribution is -2.41. The molecule has 3 atom stereocenters. The molecule has 4 rings (SSSR count). The molecule has 0 spiro atoms. The molecule has 2 aliphatic rings. The number of Topliss-reactive ketones (excluding diaryl/α,β-unsaturated/α-hetero) is 1. The van der Waals surface area contributed by atoms with Crippen LogP contribution in [-0.2, 0) is 19.1 Å². The summed E-state index contributed by atoms with van der Waals surface area (Å²) in [6.07, 6.45) is 0.924. The Bertz CT molecular complexity index is 1220. The second-order valence-electron chi connectivity index (χ2n) is 9.19. The molecule has 1 unspecified atom stereocenters. The number of rotatable bonds is 9. The van der Waals surface area contributed by atoms with Gasteiger partial charge in [-0.3, -0.25) is 9.79 Å². The summed E-state index contributed by atoms with van der Waals surface area (Å²) < 4.78 is 21.4. The average Bonchev–Trinajstić information content (AvgIpc) is 2.89. The Morgan fingerprint density at radius 2 is 1.76 bits per heavy atom. The summed E-state index contributed by atoms with van der Waals surface area (Å²) >= 11 is 0. The van der Waals surface area contributed by atoms with Gasteiger partial charge in [0.2, 0.25) is 0 Å². The highest BCUT2D eigenvalue weighted by Gasteiger charge is 2.46. The number of fused-ring (bicyclic) bond motifs is 1. The van der Waals surface area contributed by atoms with Gasteiger partial charge in [0, 0.05) is 30.9 Å². The summed E-state index contributed by atoms with van der Waals surface area (Å²) in [5, 5.41) is 10.3. The van der Waals surface area contributed by atoms with Crippen LogP contribution in [0.3, 0.4) is 0 Å². The van der Waals surface area contributed by atoms with Gasteiger partial charge < -0.3 is 24.1 Å².